The maximum atomic E-state index is 11.3. The van der Waals surface area contributed by atoms with Crippen LogP contribution in [0.1, 0.15) is 28.8 Å². The summed E-state index contributed by atoms with van der Waals surface area (Å²) in [6.07, 6.45) is 1.61. The Labute approximate surface area is 125 Å². The zero-order valence-corrected chi connectivity index (χ0v) is 13.1. The second-order valence-corrected chi connectivity index (χ2v) is 6.05. The van der Waals surface area contributed by atoms with Crippen LogP contribution in [-0.4, -0.2) is 15.8 Å². The summed E-state index contributed by atoms with van der Waals surface area (Å²) in [4.78, 5) is 21.1. The van der Waals surface area contributed by atoms with E-state index in [9.17, 15) is 4.79 Å². The fraction of sp³-hybridized carbons (Fsp3) is 0.214. The maximum Gasteiger partial charge on any atom is 0.163 e. The van der Waals surface area contributed by atoms with Gasteiger partial charge in [-0.2, -0.15) is 0 Å². The number of hydrogen-bond donors (Lipinski definition) is 0. The van der Waals surface area contributed by atoms with Gasteiger partial charge in [-0.3, -0.25) is 4.79 Å². The van der Waals surface area contributed by atoms with Gasteiger partial charge in [-0.05, 0) is 32.0 Å². The van der Waals surface area contributed by atoms with Gasteiger partial charge in [-0.15, -0.1) is 11.8 Å². The first-order chi connectivity index (χ1) is 9.06. The average molecular weight is 337 g/mol. The van der Waals surface area contributed by atoms with Crippen LogP contribution in [-0.2, 0) is 5.75 Å². The van der Waals surface area contributed by atoms with Gasteiger partial charge in [0.25, 0.3) is 0 Å². The van der Waals surface area contributed by atoms with E-state index in [1.165, 1.54) is 6.92 Å². The van der Waals surface area contributed by atoms with Crippen LogP contribution in [0.4, 0.5) is 0 Å². The van der Waals surface area contributed by atoms with Crippen molar-refractivity contribution in [1.29, 1.82) is 0 Å². The molecule has 0 saturated carbocycles. The van der Waals surface area contributed by atoms with Crippen molar-refractivity contribution in [2.24, 2.45) is 0 Å². The first kappa shape index (κ1) is 14.2. The van der Waals surface area contributed by atoms with Crippen LogP contribution in [0.15, 0.2) is 39.8 Å². The van der Waals surface area contributed by atoms with Crippen LogP contribution >= 0.6 is 27.7 Å². The molecule has 98 valence electrons. The third kappa shape index (κ3) is 3.88. The number of thioether (sulfide) groups is 1. The number of carbonyl (C=O) groups excluding carboxylic acids is 1. The SMILES string of the molecule is CC(=O)c1cnc(CSc2cccc(Br)c2)nc1C. The summed E-state index contributed by atoms with van der Waals surface area (Å²) < 4.78 is 1.06. The summed E-state index contributed by atoms with van der Waals surface area (Å²) in [5.74, 6) is 1.44. The highest BCUT2D eigenvalue weighted by Crippen LogP contribution is 2.24. The van der Waals surface area contributed by atoms with Gasteiger partial charge < -0.3 is 0 Å². The monoisotopic (exact) mass is 336 g/mol. The summed E-state index contributed by atoms with van der Waals surface area (Å²) in [6.45, 7) is 3.37. The van der Waals surface area contributed by atoms with Gasteiger partial charge in [-0.25, -0.2) is 9.97 Å². The largest absolute Gasteiger partial charge is 0.294 e. The standard InChI is InChI=1S/C14H13BrN2OS/c1-9-13(10(2)18)7-16-14(17-9)8-19-12-5-3-4-11(15)6-12/h3-7H,8H2,1-2H3. The number of benzene rings is 1. The number of halogens is 1. The predicted molar refractivity (Wildman–Crippen MR) is 80.5 cm³/mol. The molecule has 0 aliphatic heterocycles. The van der Waals surface area contributed by atoms with Crippen LogP contribution in [0.25, 0.3) is 0 Å². The van der Waals surface area contributed by atoms with Crippen molar-refractivity contribution < 1.29 is 4.79 Å². The predicted octanol–water partition coefficient (Wildman–Crippen LogP) is 4.04. The van der Waals surface area contributed by atoms with E-state index >= 15 is 0 Å². The number of aromatic nitrogens is 2. The van der Waals surface area contributed by atoms with Gasteiger partial charge >= 0.3 is 0 Å². The van der Waals surface area contributed by atoms with Crippen LogP contribution in [0.3, 0.4) is 0 Å². The van der Waals surface area contributed by atoms with Crippen LogP contribution in [0.5, 0.6) is 0 Å². The molecule has 0 spiro atoms. The third-order valence-electron chi connectivity index (χ3n) is 2.57. The molecule has 3 nitrogen and oxygen atoms in total. The van der Waals surface area contributed by atoms with Gasteiger partial charge in [-0.1, -0.05) is 22.0 Å². The Hall–Kier alpha value is -1.20. The molecule has 0 bridgehead atoms. The Morgan fingerprint density at radius 3 is 2.84 bits per heavy atom. The minimum absolute atomic E-state index is 0.00342. The summed E-state index contributed by atoms with van der Waals surface area (Å²) >= 11 is 5.11. The minimum Gasteiger partial charge on any atom is -0.294 e. The Bertz CT molecular complexity index is 616. The van der Waals surface area contributed by atoms with Gasteiger partial charge in [0, 0.05) is 15.6 Å². The van der Waals surface area contributed by atoms with Crippen LogP contribution in [0.2, 0.25) is 0 Å². The number of Topliss-reactive ketones (excluding diaryl/α,β-unsaturated/α-hetero) is 1. The maximum absolute atomic E-state index is 11.3. The quantitative estimate of drug-likeness (QED) is 0.624. The highest BCUT2D eigenvalue weighted by molar-refractivity contribution is 9.10. The lowest BCUT2D eigenvalue weighted by atomic mass is 10.2. The van der Waals surface area contributed by atoms with Gasteiger partial charge in [0.05, 0.1) is 17.0 Å². The highest BCUT2D eigenvalue weighted by Gasteiger charge is 2.07. The fourth-order valence-electron chi connectivity index (χ4n) is 1.64. The second kappa shape index (κ2) is 6.30. The summed E-state index contributed by atoms with van der Waals surface area (Å²) in [7, 11) is 0. The molecule has 5 heteroatoms. The van der Waals surface area contributed by atoms with E-state index in [-0.39, 0.29) is 5.78 Å². The van der Waals surface area contributed by atoms with Gasteiger partial charge in [0.15, 0.2) is 5.78 Å². The summed E-state index contributed by atoms with van der Waals surface area (Å²) in [5.41, 5.74) is 1.34. The van der Waals surface area contributed by atoms with Crippen molar-refractivity contribution in [1.82, 2.24) is 9.97 Å². The number of hydrogen-bond acceptors (Lipinski definition) is 4. The Morgan fingerprint density at radius 2 is 2.21 bits per heavy atom. The third-order valence-corrected chi connectivity index (χ3v) is 4.06. The molecule has 0 amide bonds. The molecule has 0 aliphatic carbocycles. The lowest BCUT2D eigenvalue weighted by Gasteiger charge is -2.05. The normalized spacial score (nSPS) is 10.5. The molecule has 19 heavy (non-hydrogen) atoms. The van der Waals surface area contributed by atoms with E-state index in [1.54, 1.807) is 18.0 Å². The van der Waals surface area contributed by atoms with Crippen LogP contribution in [0, 0.1) is 6.92 Å². The van der Waals surface area contributed by atoms with Gasteiger partial charge in [0.1, 0.15) is 5.82 Å². The molecule has 0 radical (unpaired) electrons. The van der Waals surface area contributed by atoms with Crippen LogP contribution < -0.4 is 0 Å². The fourth-order valence-corrected chi connectivity index (χ4v) is 3.01. The first-order valence-electron chi connectivity index (χ1n) is 5.78. The molecular formula is C14H13BrN2OS. The smallest absolute Gasteiger partial charge is 0.163 e. The average Bonchev–Trinajstić information content (AvgIpc) is 2.36. The summed E-state index contributed by atoms with van der Waals surface area (Å²) in [5, 5.41) is 0. The number of ketones is 1. The van der Waals surface area contributed by atoms with E-state index in [0.717, 1.165) is 20.9 Å². The van der Waals surface area contributed by atoms with E-state index in [1.807, 2.05) is 25.1 Å². The number of carbonyl (C=O) groups is 1. The van der Waals surface area contributed by atoms with E-state index in [4.69, 9.17) is 0 Å². The number of aryl methyl sites for hydroxylation is 1. The van der Waals surface area contributed by atoms with Gasteiger partial charge in [0.2, 0.25) is 0 Å². The molecule has 0 aliphatic rings. The molecule has 0 saturated heterocycles. The Kier molecular flexibility index (Phi) is 4.71. The van der Waals surface area contributed by atoms with Crippen molar-refractivity contribution in [2.75, 3.05) is 0 Å². The molecule has 0 fully saturated rings. The topological polar surface area (TPSA) is 42.9 Å². The molecular weight excluding hydrogens is 324 g/mol. The van der Waals surface area contributed by atoms with E-state index in [0.29, 0.717) is 11.3 Å². The summed E-state index contributed by atoms with van der Waals surface area (Å²) in [6, 6.07) is 8.09. The minimum atomic E-state index is 0.00342. The molecule has 2 aromatic rings. The number of nitrogens with zero attached hydrogens (tertiary/aromatic N) is 2. The van der Waals surface area contributed by atoms with E-state index < -0.39 is 0 Å². The molecule has 0 atom stereocenters. The second-order valence-electron chi connectivity index (χ2n) is 4.09. The Morgan fingerprint density at radius 1 is 1.42 bits per heavy atom. The molecule has 0 N–H and O–H groups in total. The molecule has 2 rings (SSSR count). The molecule has 1 aromatic carbocycles. The van der Waals surface area contributed by atoms with Crippen molar-refractivity contribution in [3.8, 4) is 0 Å². The number of rotatable bonds is 4. The van der Waals surface area contributed by atoms with Crippen molar-refractivity contribution in [3.05, 3.63) is 52.0 Å². The van der Waals surface area contributed by atoms with Crippen molar-refractivity contribution >= 4 is 33.5 Å². The van der Waals surface area contributed by atoms with Crippen molar-refractivity contribution in [2.45, 2.75) is 24.5 Å². The zero-order chi connectivity index (χ0) is 13.8. The van der Waals surface area contributed by atoms with Crippen molar-refractivity contribution in [3.63, 3.8) is 0 Å². The molecule has 1 heterocycles. The molecule has 1 aromatic heterocycles. The lowest BCUT2D eigenvalue weighted by Crippen LogP contribution is -2.03. The van der Waals surface area contributed by atoms with E-state index in [2.05, 4.69) is 32.0 Å². The molecule has 0 unspecified atom stereocenters. The Balaban J connectivity index is 2.08. The highest BCUT2D eigenvalue weighted by atomic mass is 79.9. The first-order valence-corrected chi connectivity index (χ1v) is 7.56. The zero-order valence-electron chi connectivity index (χ0n) is 10.7. The lowest BCUT2D eigenvalue weighted by molar-refractivity contribution is 0.101.